The van der Waals surface area contributed by atoms with Gasteiger partial charge in [-0.3, -0.25) is 0 Å². The van der Waals surface area contributed by atoms with E-state index in [1.54, 1.807) is 25.4 Å². The van der Waals surface area contributed by atoms with E-state index in [2.05, 4.69) is 9.97 Å². The van der Waals surface area contributed by atoms with Crippen molar-refractivity contribution >= 4 is 23.4 Å². The third kappa shape index (κ3) is 3.43. The molecule has 0 aliphatic carbocycles. The fourth-order valence-corrected chi connectivity index (χ4v) is 2.04. The van der Waals surface area contributed by atoms with E-state index >= 15 is 0 Å². The lowest BCUT2D eigenvalue weighted by atomic mass is 10.2. The summed E-state index contributed by atoms with van der Waals surface area (Å²) in [5.74, 6) is 0. The van der Waals surface area contributed by atoms with Crippen molar-refractivity contribution in [2.75, 3.05) is 0 Å². The van der Waals surface area contributed by atoms with Crippen LogP contribution in [0, 0.1) is 0 Å². The molecule has 0 bridgehead atoms. The number of hydrogen-bond acceptors (Lipinski definition) is 4. The molecule has 1 atom stereocenters. The van der Waals surface area contributed by atoms with Crippen LogP contribution in [-0.2, 0) is 0 Å². The van der Waals surface area contributed by atoms with Crippen molar-refractivity contribution in [3.05, 3.63) is 47.2 Å². The number of aliphatic hydroxyl groups excluding tert-OH is 1. The number of aliphatic hydroxyl groups is 1. The number of rotatable bonds is 3. The Balaban J connectivity index is 2.11. The van der Waals surface area contributed by atoms with Crippen LogP contribution in [0.1, 0.15) is 18.6 Å². The standard InChI is InChI=1S/C12H11ClN2OS/c1-8(16)9-2-4-11(14-6-9)17-12-5-3-10(13)7-15-12/h2-8,16H,1H3/t8-/m0/s1. The third-order valence-electron chi connectivity index (χ3n) is 2.15. The van der Waals surface area contributed by atoms with Gasteiger partial charge in [0.05, 0.1) is 11.1 Å². The lowest BCUT2D eigenvalue weighted by Gasteiger charge is -2.04. The Labute approximate surface area is 109 Å². The van der Waals surface area contributed by atoms with Crippen LogP contribution in [-0.4, -0.2) is 15.1 Å². The van der Waals surface area contributed by atoms with Gasteiger partial charge in [-0.15, -0.1) is 0 Å². The van der Waals surface area contributed by atoms with Crippen LogP contribution in [0.3, 0.4) is 0 Å². The first-order valence-corrected chi connectivity index (χ1v) is 6.28. The molecule has 0 unspecified atom stereocenters. The molecule has 0 radical (unpaired) electrons. The number of hydrogen-bond donors (Lipinski definition) is 1. The first-order valence-electron chi connectivity index (χ1n) is 5.08. The summed E-state index contributed by atoms with van der Waals surface area (Å²) < 4.78 is 0. The molecule has 2 aromatic heterocycles. The van der Waals surface area contributed by atoms with Gasteiger partial charge < -0.3 is 5.11 Å². The zero-order chi connectivity index (χ0) is 12.3. The Morgan fingerprint density at radius 2 is 1.76 bits per heavy atom. The predicted octanol–water partition coefficient (Wildman–Crippen LogP) is 3.33. The monoisotopic (exact) mass is 266 g/mol. The minimum atomic E-state index is -0.491. The summed E-state index contributed by atoms with van der Waals surface area (Å²) in [5, 5.41) is 11.7. The number of halogens is 1. The number of nitrogens with zero attached hydrogens (tertiary/aromatic N) is 2. The van der Waals surface area contributed by atoms with Crippen LogP contribution in [0.2, 0.25) is 5.02 Å². The molecular weight excluding hydrogens is 256 g/mol. The van der Waals surface area contributed by atoms with E-state index < -0.39 is 6.10 Å². The largest absolute Gasteiger partial charge is 0.389 e. The molecule has 0 saturated heterocycles. The highest BCUT2D eigenvalue weighted by molar-refractivity contribution is 7.99. The third-order valence-corrected chi connectivity index (χ3v) is 3.28. The van der Waals surface area contributed by atoms with E-state index in [4.69, 9.17) is 11.6 Å². The quantitative estimate of drug-likeness (QED) is 0.926. The highest BCUT2D eigenvalue weighted by Gasteiger charge is 2.03. The van der Waals surface area contributed by atoms with Crippen LogP contribution in [0.4, 0.5) is 0 Å². The predicted molar refractivity (Wildman–Crippen MR) is 68.2 cm³/mol. The average Bonchev–Trinajstić information content (AvgIpc) is 2.33. The molecule has 0 fully saturated rings. The molecule has 2 heterocycles. The number of aromatic nitrogens is 2. The second-order valence-electron chi connectivity index (χ2n) is 3.52. The van der Waals surface area contributed by atoms with Crippen molar-refractivity contribution in [3.8, 4) is 0 Å². The lowest BCUT2D eigenvalue weighted by molar-refractivity contribution is 0.198. The summed E-state index contributed by atoms with van der Waals surface area (Å²) in [6, 6.07) is 7.36. The normalized spacial score (nSPS) is 12.4. The summed E-state index contributed by atoms with van der Waals surface area (Å²) in [7, 11) is 0. The molecule has 17 heavy (non-hydrogen) atoms. The van der Waals surface area contributed by atoms with Gasteiger partial charge in [0.25, 0.3) is 0 Å². The summed E-state index contributed by atoms with van der Waals surface area (Å²) in [4.78, 5) is 8.42. The molecule has 0 aliphatic rings. The molecule has 0 saturated carbocycles. The van der Waals surface area contributed by atoms with Gasteiger partial charge in [0.2, 0.25) is 0 Å². The molecule has 0 aromatic carbocycles. The second-order valence-corrected chi connectivity index (χ2v) is 5.00. The van der Waals surface area contributed by atoms with Crippen LogP contribution >= 0.6 is 23.4 Å². The van der Waals surface area contributed by atoms with Crippen LogP contribution in [0.5, 0.6) is 0 Å². The second kappa shape index (κ2) is 5.49. The summed E-state index contributed by atoms with van der Waals surface area (Å²) >= 11 is 7.21. The SMILES string of the molecule is C[C@H](O)c1ccc(Sc2ccc(Cl)cn2)nc1. The van der Waals surface area contributed by atoms with Crippen molar-refractivity contribution in [2.45, 2.75) is 23.1 Å². The first-order chi connectivity index (χ1) is 8.15. The molecule has 2 aromatic rings. The topological polar surface area (TPSA) is 46.0 Å². The molecule has 0 spiro atoms. The van der Waals surface area contributed by atoms with Gasteiger partial charge in [-0.05, 0) is 30.7 Å². The molecule has 3 nitrogen and oxygen atoms in total. The summed E-state index contributed by atoms with van der Waals surface area (Å²) in [5.41, 5.74) is 0.804. The van der Waals surface area contributed by atoms with Gasteiger partial charge in [0.15, 0.2) is 0 Å². The van der Waals surface area contributed by atoms with Crippen LogP contribution < -0.4 is 0 Å². The molecule has 88 valence electrons. The van der Waals surface area contributed by atoms with E-state index in [0.29, 0.717) is 5.02 Å². The van der Waals surface area contributed by atoms with E-state index in [0.717, 1.165) is 15.6 Å². The highest BCUT2D eigenvalue weighted by Crippen LogP contribution is 2.25. The van der Waals surface area contributed by atoms with E-state index in [1.807, 2.05) is 18.2 Å². The van der Waals surface area contributed by atoms with Crippen molar-refractivity contribution in [1.82, 2.24) is 9.97 Å². The molecule has 0 aliphatic heterocycles. The molecule has 1 N–H and O–H groups in total. The Kier molecular flexibility index (Phi) is 3.99. The van der Waals surface area contributed by atoms with Gasteiger partial charge in [-0.25, -0.2) is 9.97 Å². The van der Waals surface area contributed by atoms with Crippen molar-refractivity contribution in [1.29, 1.82) is 0 Å². The highest BCUT2D eigenvalue weighted by atomic mass is 35.5. The van der Waals surface area contributed by atoms with Gasteiger partial charge in [-0.2, -0.15) is 0 Å². The summed E-state index contributed by atoms with van der Waals surface area (Å²) in [6.45, 7) is 1.71. The Morgan fingerprint density at radius 1 is 1.12 bits per heavy atom. The van der Waals surface area contributed by atoms with E-state index in [-0.39, 0.29) is 0 Å². The fourth-order valence-electron chi connectivity index (χ4n) is 1.23. The smallest absolute Gasteiger partial charge is 0.102 e. The number of pyridine rings is 2. The molecular formula is C12H11ClN2OS. The molecule has 5 heteroatoms. The Morgan fingerprint density at radius 3 is 2.24 bits per heavy atom. The summed E-state index contributed by atoms with van der Waals surface area (Å²) in [6.07, 6.45) is 2.78. The lowest BCUT2D eigenvalue weighted by Crippen LogP contribution is -1.92. The van der Waals surface area contributed by atoms with Gasteiger partial charge >= 0.3 is 0 Å². The van der Waals surface area contributed by atoms with Crippen LogP contribution in [0.15, 0.2) is 46.7 Å². The van der Waals surface area contributed by atoms with Crippen molar-refractivity contribution < 1.29 is 5.11 Å². The van der Waals surface area contributed by atoms with Gasteiger partial charge in [0.1, 0.15) is 10.1 Å². The maximum atomic E-state index is 9.36. The molecule has 2 rings (SSSR count). The fraction of sp³-hybridized carbons (Fsp3) is 0.167. The average molecular weight is 267 g/mol. The van der Waals surface area contributed by atoms with Crippen molar-refractivity contribution in [2.24, 2.45) is 0 Å². The van der Waals surface area contributed by atoms with Crippen LogP contribution in [0.25, 0.3) is 0 Å². The molecule has 0 amide bonds. The first kappa shape index (κ1) is 12.4. The minimum absolute atomic E-state index is 0.491. The zero-order valence-corrected chi connectivity index (χ0v) is 10.7. The minimum Gasteiger partial charge on any atom is -0.389 e. The Hall–Kier alpha value is -1.10. The van der Waals surface area contributed by atoms with Crippen molar-refractivity contribution in [3.63, 3.8) is 0 Å². The maximum absolute atomic E-state index is 9.36. The van der Waals surface area contributed by atoms with Gasteiger partial charge in [-0.1, -0.05) is 29.4 Å². The maximum Gasteiger partial charge on any atom is 0.102 e. The van der Waals surface area contributed by atoms with E-state index in [9.17, 15) is 5.11 Å². The Bertz CT molecular complexity index is 485. The van der Waals surface area contributed by atoms with Gasteiger partial charge in [0, 0.05) is 12.4 Å². The zero-order valence-electron chi connectivity index (χ0n) is 9.17. The van der Waals surface area contributed by atoms with E-state index in [1.165, 1.54) is 11.8 Å².